The van der Waals surface area contributed by atoms with E-state index in [4.69, 9.17) is 0 Å². The Hall–Kier alpha value is -1.23. The number of hydrogen-bond acceptors (Lipinski definition) is 2. The Morgan fingerprint density at radius 2 is 1.67 bits per heavy atom. The van der Waals surface area contributed by atoms with E-state index in [0.29, 0.717) is 22.5 Å². The van der Waals surface area contributed by atoms with Gasteiger partial charge in [-0.1, -0.05) is 47.5 Å². The molecule has 1 aliphatic heterocycles. The zero-order chi connectivity index (χ0) is 18.3. The van der Waals surface area contributed by atoms with Crippen molar-refractivity contribution < 1.29 is 4.79 Å². The molecule has 2 N–H and O–H groups in total. The predicted octanol–water partition coefficient (Wildman–Crippen LogP) is 3.33. The zero-order valence-electron chi connectivity index (χ0n) is 16.4. The maximum Gasteiger partial charge on any atom is 0.296 e. The molecule has 1 aliphatic rings. The van der Waals surface area contributed by atoms with Crippen LogP contribution in [-0.2, 0) is 4.79 Å². The highest BCUT2D eigenvalue weighted by Gasteiger charge is 2.41. The molecular formula is C20H34N2OSi. The molecule has 0 aromatic carbocycles. The van der Waals surface area contributed by atoms with Gasteiger partial charge in [-0.25, -0.2) is 0 Å². The van der Waals surface area contributed by atoms with Crippen LogP contribution in [0.15, 0.2) is 0 Å². The number of amides is 1. The van der Waals surface area contributed by atoms with E-state index in [0.717, 1.165) is 19.5 Å². The van der Waals surface area contributed by atoms with E-state index < -0.39 is 8.07 Å². The Balaban J connectivity index is 2.88. The number of piperidine rings is 1. The summed E-state index contributed by atoms with van der Waals surface area (Å²) in [6.45, 7) is 17.4. The van der Waals surface area contributed by atoms with E-state index >= 15 is 0 Å². The van der Waals surface area contributed by atoms with Crippen LogP contribution in [0.4, 0.5) is 0 Å². The summed E-state index contributed by atoms with van der Waals surface area (Å²) in [5, 5.41) is 6.39. The first-order valence-corrected chi connectivity index (χ1v) is 11.4. The van der Waals surface area contributed by atoms with Crippen LogP contribution in [0.3, 0.4) is 0 Å². The normalized spacial score (nSPS) is 21.1. The minimum atomic E-state index is -1.68. The highest BCUT2D eigenvalue weighted by molar-refractivity contribution is 6.90. The van der Waals surface area contributed by atoms with Crippen LogP contribution in [0.5, 0.6) is 0 Å². The number of carbonyl (C=O) groups is 1. The lowest BCUT2D eigenvalue weighted by atomic mass is 9.96. The summed E-state index contributed by atoms with van der Waals surface area (Å²) < 4.78 is 0. The molecule has 3 nitrogen and oxygen atoms in total. The molecule has 1 saturated heterocycles. The fourth-order valence-electron chi connectivity index (χ4n) is 4.16. The predicted molar refractivity (Wildman–Crippen MR) is 105 cm³/mol. The largest absolute Gasteiger partial charge is 0.341 e. The maximum absolute atomic E-state index is 11.7. The molecule has 0 aromatic heterocycles. The average Bonchev–Trinajstić information content (AvgIpc) is 2.47. The van der Waals surface area contributed by atoms with Gasteiger partial charge in [0.1, 0.15) is 8.07 Å². The van der Waals surface area contributed by atoms with Crippen molar-refractivity contribution in [3.8, 4) is 23.3 Å². The van der Waals surface area contributed by atoms with Crippen molar-refractivity contribution >= 4 is 14.0 Å². The van der Waals surface area contributed by atoms with Gasteiger partial charge < -0.3 is 10.6 Å². The summed E-state index contributed by atoms with van der Waals surface area (Å²) >= 11 is 0. The molecule has 0 bridgehead atoms. The molecule has 4 heteroatoms. The van der Waals surface area contributed by atoms with Crippen molar-refractivity contribution in [2.75, 3.05) is 13.1 Å². The second kappa shape index (κ2) is 9.30. The quantitative estimate of drug-likeness (QED) is 0.605. The number of hydrogen-bond donors (Lipinski definition) is 2. The van der Waals surface area contributed by atoms with E-state index in [2.05, 4.69) is 75.5 Å². The molecule has 2 atom stereocenters. The fraction of sp³-hybridized carbons (Fsp3) is 0.750. The monoisotopic (exact) mass is 346 g/mol. The standard InChI is InChI=1S/C20H34N2OSi/c1-8-9-20(23)22-19-12-18(13-21-14-19)10-11-24(15(2)3,16(4)5)17(6)7/h15-19,21H,12-14H2,1-7H3,(H,22,23)/t18-,19+/m1/s1. The van der Waals surface area contributed by atoms with E-state index in [1.807, 2.05) is 0 Å². The van der Waals surface area contributed by atoms with Gasteiger partial charge in [0.2, 0.25) is 0 Å². The molecule has 1 fully saturated rings. The average molecular weight is 347 g/mol. The maximum atomic E-state index is 11.7. The summed E-state index contributed by atoms with van der Waals surface area (Å²) in [5.41, 5.74) is 5.76. The first-order valence-electron chi connectivity index (χ1n) is 9.20. The lowest BCUT2D eigenvalue weighted by Gasteiger charge is -2.38. The molecule has 1 rings (SSSR count). The van der Waals surface area contributed by atoms with Gasteiger partial charge in [-0.15, -0.1) is 11.5 Å². The summed E-state index contributed by atoms with van der Waals surface area (Å²) in [5.74, 6) is 8.92. The molecule has 0 radical (unpaired) electrons. The van der Waals surface area contributed by atoms with Gasteiger partial charge in [-0.2, -0.15) is 0 Å². The number of rotatable bonds is 4. The second-order valence-corrected chi connectivity index (χ2v) is 13.4. The van der Waals surface area contributed by atoms with Gasteiger partial charge in [0.25, 0.3) is 5.91 Å². The van der Waals surface area contributed by atoms with E-state index in [-0.39, 0.29) is 11.9 Å². The minimum Gasteiger partial charge on any atom is -0.341 e. The van der Waals surface area contributed by atoms with Crippen molar-refractivity contribution in [1.29, 1.82) is 0 Å². The van der Waals surface area contributed by atoms with E-state index in [1.165, 1.54) is 0 Å². The first kappa shape index (κ1) is 20.8. The van der Waals surface area contributed by atoms with Crippen molar-refractivity contribution in [2.24, 2.45) is 5.92 Å². The van der Waals surface area contributed by atoms with Crippen molar-refractivity contribution in [3.05, 3.63) is 0 Å². The fourth-order valence-corrected chi connectivity index (χ4v) is 9.48. The van der Waals surface area contributed by atoms with Crippen molar-refractivity contribution in [1.82, 2.24) is 10.6 Å². The van der Waals surface area contributed by atoms with Crippen LogP contribution in [0.25, 0.3) is 0 Å². The second-order valence-electron chi connectivity index (χ2n) is 7.80. The van der Waals surface area contributed by atoms with Gasteiger partial charge in [-0.05, 0) is 35.9 Å². The molecule has 0 aromatic rings. The summed E-state index contributed by atoms with van der Waals surface area (Å²) in [4.78, 5) is 11.7. The molecule has 0 saturated carbocycles. The summed E-state index contributed by atoms with van der Waals surface area (Å²) in [6.07, 6.45) is 0.913. The highest BCUT2D eigenvalue weighted by atomic mass is 28.3. The Labute approximate surface area is 149 Å². The third kappa shape index (κ3) is 5.13. The van der Waals surface area contributed by atoms with Crippen LogP contribution in [0.2, 0.25) is 16.6 Å². The van der Waals surface area contributed by atoms with Crippen molar-refractivity contribution in [3.63, 3.8) is 0 Å². The molecule has 0 aliphatic carbocycles. The summed E-state index contributed by atoms with van der Waals surface area (Å²) in [7, 11) is -1.68. The molecule has 1 heterocycles. The van der Waals surface area contributed by atoms with Gasteiger partial charge in [-0.3, -0.25) is 4.79 Å². The Kier molecular flexibility index (Phi) is 8.07. The van der Waals surface area contributed by atoms with Gasteiger partial charge in [0.05, 0.1) is 0 Å². The lowest BCUT2D eigenvalue weighted by Crippen LogP contribution is -2.48. The molecular weight excluding hydrogens is 312 g/mol. The third-order valence-corrected chi connectivity index (χ3v) is 11.6. The zero-order valence-corrected chi connectivity index (χ0v) is 17.4. The molecule has 0 unspecified atom stereocenters. The van der Waals surface area contributed by atoms with Crippen LogP contribution < -0.4 is 10.6 Å². The molecule has 0 spiro atoms. The number of nitrogens with one attached hydrogen (secondary N) is 2. The van der Waals surface area contributed by atoms with E-state index in [1.54, 1.807) is 6.92 Å². The molecule has 1 amide bonds. The third-order valence-electron chi connectivity index (χ3n) is 5.28. The lowest BCUT2D eigenvalue weighted by molar-refractivity contribution is -0.116. The topological polar surface area (TPSA) is 41.1 Å². The minimum absolute atomic E-state index is 0.125. The smallest absolute Gasteiger partial charge is 0.296 e. The van der Waals surface area contributed by atoms with Crippen LogP contribution in [-0.4, -0.2) is 33.1 Å². The first-order chi connectivity index (χ1) is 11.2. The van der Waals surface area contributed by atoms with Crippen LogP contribution in [0.1, 0.15) is 54.9 Å². The molecule has 24 heavy (non-hydrogen) atoms. The number of carbonyl (C=O) groups excluding carboxylic acids is 1. The van der Waals surface area contributed by atoms with E-state index in [9.17, 15) is 4.79 Å². The SMILES string of the molecule is CC#CC(=O)N[C@@H]1CNC[C@H](C#C[Si](C(C)C)(C(C)C)C(C)C)C1. The summed E-state index contributed by atoms with van der Waals surface area (Å²) in [6, 6.07) is 0.125. The van der Waals surface area contributed by atoms with Crippen LogP contribution >= 0.6 is 0 Å². The van der Waals surface area contributed by atoms with Gasteiger partial charge in [0.15, 0.2) is 0 Å². The van der Waals surface area contributed by atoms with Crippen molar-refractivity contribution in [2.45, 2.75) is 77.6 Å². The van der Waals surface area contributed by atoms with Crippen LogP contribution in [0, 0.1) is 29.2 Å². The van der Waals surface area contributed by atoms with Gasteiger partial charge >= 0.3 is 0 Å². The Morgan fingerprint density at radius 1 is 1.08 bits per heavy atom. The Morgan fingerprint density at radius 3 is 2.17 bits per heavy atom. The molecule has 134 valence electrons. The highest BCUT2D eigenvalue weighted by Crippen LogP contribution is 2.40. The Bertz CT molecular complexity index is 524. The van der Waals surface area contributed by atoms with Gasteiger partial charge in [0, 0.05) is 25.0 Å².